The van der Waals surface area contributed by atoms with Crippen LogP contribution in [0.5, 0.6) is 0 Å². The maximum Gasteiger partial charge on any atom is 0.251 e. The van der Waals surface area contributed by atoms with Crippen LogP contribution in [0.15, 0.2) is 55.0 Å². The van der Waals surface area contributed by atoms with Gasteiger partial charge in [0, 0.05) is 30.7 Å². The first kappa shape index (κ1) is 17.4. The summed E-state index contributed by atoms with van der Waals surface area (Å²) in [5.74, 6) is -4.48. The molecule has 1 aromatic carbocycles. The Morgan fingerprint density at radius 1 is 0.962 bits per heavy atom. The molecule has 0 bridgehead atoms. The standard InChI is InChI=1S/C18H13F3N4O/c19-13-1-2-14(17(21)16(13)20)25-15-9-12(5-8-23-15)18(26)24-10-11-3-6-22-7-4-11/h1-9H,10H2,(H,23,25)(H,24,26). The Labute approximate surface area is 146 Å². The average molecular weight is 358 g/mol. The molecule has 0 aliphatic heterocycles. The summed E-state index contributed by atoms with van der Waals surface area (Å²) in [6.45, 7) is 0.310. The molecule has 2 aromatic heterocycles. The molecule has 0 aliphatic carbocycles. The summed E-state index contributed by atoms with van der Waals surface area (Å²) in [6.07, 6.45) is 4.58. The molecule has 0 radical (unpaired) electrons. The number of rotatable bonds is 5. The third-order valence-electron chi connectivity index (χ3n) is 3.52. The lowest BCUT2D eigenvalue weighted by atomic mass is 10.2. The third-order valence-corrected chi connectivity index (χ3v) is 3.52. The van der Waals surface area contributed by atoms with Crippen LogP contribution in [0, 0.1) is 17.5 Å². The smallest absolute Gasteiger partial charge is 0.251 e. The molecule has 0 unspecified atom stereocenters. The van der Waals surface area contributed by atoms with Crippen molar-refractivity contribution in [1.82, 2.24) is 15.3 Å². The van der Waals surface area contributed by atoms with Gasteiger partial charge in [-0.25, -0.2) is 18.2 Å². The summed E-state index contributed by atoms with van der Waals surface area (Å²) >= 11 is 0. The topological polar surface area (TPSA) is 66.9 Å². The predicted molar refractivity (Wildman–Crippen MR) is 89.2 cm³/mol. The molecule has 0 saturated heterocycles. The monoisotopic (exact) mass is 358 g/mol. The largest absolute Gasteiger partial charge is 0.348 e. The van der Waals surface area contributed by atoms with Gasteiger partial charge in [0.25, 0.3) is 5.91 Å². The summed E-state index contributed by atoms with van der Waals surface area (Å²) in [6, 6.07) is 8.24. The molecule has 132 valence electrons. The minimum absolute atomic E-state index is 0.117. The van der Waals surface area contributed by atoms with Crippen molar-refractivity contribution in [2.24, 2.45) is 0 Å². The van der Waals surface area contributed by atoms with E-state index < -0.39 is 17.5 Å². The second-order valence-electron chi connectivity index (χ2n) is 5.32. The number of anilines is 2. The zero-order valence-corrected chi connectivity index (χ0v) is 13.3. The highest BCUT2D eigenvalue weighted by atomic mass is 19.2. The normalized spacial score (nSPS) is 10.4. The zero-order chi connectivity index (χ0) is 18.5. The fourth-order valence-electron chi connectivity index (χ4n) is 2.19. The van der Waals surface area contributed by atoms with E-state index >= 15 is 0 Å². The molecule has 0 fully saturated rings. The van der Waals surface area contributed by atoms with Crippen LogP contribution in [-0.4, -0.2) is 15.9 Å². The number of benzene rings is 1. The maximum atomic E-state index is 13.7. The number of nitrogens with one attached hydrogen (secondary N) is 2. The number of nitrogens with zero attached hydrogens (tertiary/aromatic N) is 2. The molecule has 0 spiro atoms. The van der Waals surface area contributed by atoms with Gasteiger partial charge in [-0.05, 0) is 42.0 Å². The van der Waals surface area contributed by atoms with Crippen molar-refractivity contribution in [2.45, 2.75) is 6.54 Å². The molecule has 2 N–H and O–H groups in total. The van der Waals surface area contributed by atoms with E-state index in [-0.39, 0.29) is 23.0 Å². The van der Waals surface area contributed by atoms with Crippen LogP contribution >= 0.6 is 0 Å². The average Bonchev–Trinajstić information content (AvgIpc) is 2.67. The van der Waals surface area contributed by atoms with E-state index in [9.17, 15) is 18.0 Å². The van der Waals surface area contributed by atoms with Gasteiger partial charge in [-0.3, -0.25) is 9.78 Å². The molecular formula is C18H13F3N4O. The van der Waals surface area contributed by atoms with E-state index in [1.54, 1.807) is 24.5 Å². The van der Waals surface area contributed by atoms with Gasteiger partial charge >= 0.3 is 0 Å². The molecule has 5 nitrogen and oxygen atoms in total. The number of hydrogen-bond donors (Lipinski definition) is 2. The van der Waals surface area contributed by atoms with Crippen LogP contribution in [0.3, 0.4) is 0 Å². The summed E-state index contributed by atoms with van der Waals surface area (Å²) in [4.78, 5) is 20.1. The Morgan fingerprint density at radius 3 is 2.50 bits per heavy atom. The van der Waals surface area contributed by atoms with Crippen molar-refractivity contribution in [2.75, 3.05) is 5.32 Å². The number of amides is 1. The van der Waals surface area contributed by atoms with Gasteiger partial charge in [0.2, 0.25) is 0 Å². The van der Waals surface area contributed by atoms with Gasteiger partial charge in [-0.1, -0.05) is 0 Å². The van der Waals surface area contributed by atoms with Crippen LogP contribution in [-0.2, 0) is 6.54 Å². The maximum absolute atomic E-state index is 13.7. The van der Waals surface area contributed by atoms with E-state index in [0.29, 0.717) is 6.54 Å². The molecule has 1 amide bonds. The highest BCUT2D eigenvalue weighted by Gasteiger charge is 2.14. The van der Waals surface area contributed by atoms with E-state index in [4.69, 9.17) is 0 Å². The summed E-state index contributed by atoms with van der Waals surface area (Å²) in [5.41, 5.74) is 0.870. The van der Waals surface area contributed by atoms with E-state index in [2.05, 4.69) is 20.6 Å². The Hall–Kier alpha value is -3.42. The molecule has 3 rings (SSSR count). The first-order valence-electron chi connectivity index (χ1n) is 7.58. The van der Waals surface area contributed by atoms with Crippen molar-refractivity contribution >= 4 is 17.4 Å². The van der Waals surface area contributed by atoms with Crippen molar-refractivity contribution in [3.8, 4) is 0 Å². The van der Waals surface area contributed by atoms with Gasteiger partial charge in [0.05, 0.1) is 5.69 Å². The van der Waals surface area contributed by atoms with Crippen molar-refractivity contribution in [3.05, 3.63) is 83.6 Å². The summed E-state index contributed by atoms with van der Waals surface area (Å²) in [5, 5.41) is 5.26. The van der Waals surface area contributed by atoms with Crippen molar-refractivity contribution in [3.63, 3.8) is 0 Å². The first-order chi connectivity index (χ1) is 12.5. The molecule has 0 atom stereocenters. The minimum atomic E-state index is -1.58. The van der Waals surface area contributed by atoms with Crippen LogP contribution in [0.25, 0.3) is 0 Å². The Bertz CT molecular complexity index is 935. The lowest BCUT2D eigenvalue weighted by Crippen LogP contribution is -2.22. The molecule has 8 heteroatoms. The lowest BCUT2D eigenvalue weighted by Gasteiger charge is -2.09. The number of aromatic nitrogens is 2. The number of pyridine rings is 2. The summed E-state index contributed by atoms with van der Waals surface area (Å²) < 4.78 is 40.0. The van der Waals surface area contributed by atoms with Gasteiger partial charge in [-0.15, -0.1) is 0 Å². The number of carbonyl (C=O) groups excluding carboxylic acids is 1. The summed E-state index contributed by atoms with van der Waals surface area (Å²) in [7, 11) is 0. The highest BCUT2D eigenvalue weighted by Crippen LogP contribution is 2.23. The second kappa shape index (κ2) is 7.64. The van der Waals surface area contributed by atoms with Gasteiger partial charge in [-0.2, -0.15) is 0 Å². The first-order valence-corrected chi connectivity index (χ1v) is 7.58. The van der Waals surface area contributed by atoms with Gasteiger partial charge in [0.15, 0.2) is 17.5 Å². The van der Waals surface area contributed by atoms with Crippen molar-refractivity contribution in [1.29, 1.82) is 0 Å². The molecule has 3 aromatic rings. The molecular weight excluding hydrogens is 345 g/mol. The quantitative estimate of drug-likeness (QED) is 0.685. The van der Waals surface area contributed by atoms with E-state index in [0.717, 1.165) is 17.7 Å². The fraction of sp³-hybridized carbons (Fsp3) is 0.0556. The van der Waals surface area contributed by atoms with Crippen LogP contribution < -0.4 is 10.6 Å². The van der Waals surface area contributed by atoms with E-state index in [1.807, 2.05) is 0 Å². The SMILES string of the molecule is O=C(NCc1ccncc1)c1ccnc(Nc2ccc(F)c(F)c2F)c1. The highest BCUT2D eigenvalue weighted by molar-refractivity contribution is 5.94. The van der Waals surface area contributed by atoms with Crippen LogP contribution in [0.1, 0.15) is 15.9 Å². The van der Waals surface area contributed by atoms with E-state index in [1.165, 1.54) is 18.3 Å². The number of halogens is 3. The van der Waals surface area contributed by atoms with Crippen LogP contribution in [0.4, 0.5) is 24.7 Å². The zero-order valence-electron chi connectivity index (χ0n) is 13.3. The molecule has 0 aliphatic rings. The number of carbonyl (C=O) groups is 1. The van der Waals surface area contributed by atoms with Gasteiger partial charge < -0.3 is 10.6 Å². The molecule has 26 heavy (non-hydrogen) atoms. The second-order valence-corrected chi connectivity index (χ2v) is 5.32. The fourth-order valence-corrected chi connectivity index (χ4v) is 2.19. The molecule has 0 saturated carbocycles. The van der Waals surface area contributed by atoms with Gasteiger partial charge in [0.1, 0.15) is 5.82 Å². The molecule has 2 heterocycles. The minimum Gasteiger partial charge on any atom is -0.348 e. The van der Waals surface area contributed by atoms with Crippen LogP contribution in [0.2, 0.25) is 0 Å². The Balaban J connectivity index is 1.72. The third kappa shape index (κ3) is 3.97. The number of hydrogen-bond acceptors (Lipinski definition) is 4. The van der Waals surface area contributed by atoms with Crippen molar-refractivity contribution < 1.29 is 18.0 Å². The lowest BCUT2D eigenvalue weighted by molar-refractivity contribution is 0.0951. The Morgan fingerprint density at radius 2 is 1.73 bits per heavy atom. The Kier molecular flexibility index (Phi) is 5.12. The predicted octanol–water partition coefficient (Wildman–Crippen LogP) is 3.57.